The highest BCUT2D eigenvalue weighted by Crippen LogP contribution is 2.11. The molecule has 0 heterocycles. The van der Waals surface area contributed by atoms with Crippen molar-refractivity contribution in [2.75, 3.05) is 0 Å². The molecule has 0 bridgehead atoms. The Balaban J connectivity index is 4.14. The Morgan fingerprint density at radius 2 is 2.17 bits per heavy atom. The second kappa shape index (κ2) is 3.87. The Morgan fingerprint density at radius 1 is 1.67 bits per heavy atom. The van der Waals surface area contributed by atoms with Crippen LogP contribution in [-0.2, 0) is 9.53 Å². The number of carbonyl (C=O) groups is 1. The molecule has 0 fully saturated rings. The van der Waals surface area contributed by atoms with Gasteiger partial charge >= 0.3 is 0 Å². The molecule has 0 unspecified atom stereocenters. The highest BCUT2D eigenvalue weighted by atomic mass is 16.5. The van der Waals surface area contributed by atoms with Gasteiger partial charge in [-0.1, -0.05) is 0 Å². The summed E-state index contributed by atoms with van der Waals surface area (Å²) in [5, 5.41) is 0. The molecular weight excluding hydrogens is 156 g/mol. The molecular formula is C8H18N2O2. The fourth-order valence-corrected chi connectivity index (χ4v) is 0.808. The van der Waals surface area contributed by atoms with Gasteiger partial charge in [-0.3, -0.25) is 4.79 Å². The molecule has 4 N–H and O–H groups in total. The maximum absolute atomic E-state index is 10.7. The molecule has 12 heavy (non-hydrogen) atoms. The van der Waals surface area contributed by atoms with Crippen LogP contribution in [0.3, 0.4) is 0 Å². The van der Waals surface area contributed by atoms with E-state index in [0.29, 0.717) is 0 Å². The van der Waals surface area contributed by atoms with Crippen LogP contribution in [0.1, 0.15) is 29.0 Å². The molecule has 0 aromatic heterocycles. The van der Waals surface area contributed by atoms with Gasteiger partial charge in [0.25, 0.3) is 0 Å². The minimum atomic E-state index is -0.814. The van der Waals surface area contributed by atoms with Gasteiger partial charge in [-0.2, -0.15) is 0 Å². The molecule has 72 valence electrons. The summed E-state index contributed by atoms with van der Waals surface area (Å²) < 4.78 is 12.6. The summed E-state index contributed by atoms with van der Waals surface area (Å²) in [6.07, 6.45) is -0.460. The van der Waals surface area contributed by atoms with E-state index >= 15 is 0 Å². The van der Waals surface area contributed by atoms with E-state index in [2.05, 4.69) is 0 Å². The SMILES string of the molecule is [2H]CC(C)(C)O[C@H](C)[C@H](N)C(N)=O. The van der Waals surface area contributed by atoms with Crippen molar-refractivity contribution >= 4 is 5.91 Å². The summed E-state index contributed by atoms with van der Waals surface area (Å²) in [5.74, 6) is -0.590. The fraction of sp³-hybridized carbons (Fsp3) is 0.875. The third-order valence-electron chi connectivity index (χ3n) is 1.34. The molecule has 0 radical (unpaired) electrons. The number of hydrogen-bond donors (Lipinski definition) is 2. The van der Waals surface area contributed by atoms with E-state index in [1.807, 2.05) is 0 Å². The Labute approximate surface area is 74.7 Å². The smallest absolute Gasteiger partial charge is 0.237 e. The van der Waals surface area contributed by atoms with Crippen LogP contribution in [-0.4, -0.2) is 23.7 Å². The van der Waals surface area contributed by atoms with Gasteiger partial charge in [-0.25, -0.2) is 0 Å². The molecule has 0 aromatic carbocycles. The number of ether oxygens (including phenoxy) is 1. The van der Waals surface area contributed by atoms with Crippen molar-refractivity contribution in [3.8, 4) is 0 Å². The highest BCUT2D eigenvalue weighted by molar-refractivity contribution is 5.80. The molecule has 4 heteroatoms. The van der Waals surface area contributed by atoms with E-state index in [1.54, 1.807) is 20.8 Å². The van der Waals surface area contributed by atoms with E-state index in [1.165, 1.54) is 0 Å². The lowest BCUT2D eigenvalue weighted by molar-refractivity contribution is -0.126. The van der Waals surface area contributed by atoms with Crippen molar-refractivity contribution in [3.63, 3.8) is 0 Å². The number of rotatable bonds is 3. The molecule has 4 nitrogen and oxygen atoms in total. The molecule has 0 aliphatic heterocycles. The first-order chi connectivity index (χ1) is 5.80. The topological polar surface area (TPSA) is 78.3 Å². The third-order valence-corrected chi connectivity index (χ3v) is 1.34. The van der Waals surface area contributed by atoms with Crippen LogP contribution < -0.4 is 11.5 Å². The predicted octanol–water partition coefficient (Wildman–Crippen LogP) is 0.00260. The first kappa shape index (κ1) is 9.48. The number of carbonyl (C=O) groups excluding carboxylic acids is 1. The van der Waals surface area contributed by atoms with Crippen LogP contribution in [0.5, 0.6) is 0 Å². The largest absolute Gasteiger partial charge is 0.371 e. The zero-order valence-electron chi connectivity index (χ0n) is 8.83. The molecule has 0 aliphatic rings. The number of primary amides is 1. The Bertz CT molecular complexity index is 185. The van der Waals surface area contributed by atoms with Gasteiger partial charge in [0, 0.05) is 1.37 Å². The normalized spacial score (nSPS) is 18.2. The Hall–Kier alpha value is -0.610. The van der Waals surface area contributed by atoms with Gasteiger partial charge in [-0.05, 0) is 27.7 Å². The van der Waals surface area contributed by atoms with E-state index in [0.717, 1.165) is 0 Å². The zero-order valence-corrected chi connectivity index (χ0v) is 7.83. The van der Waals surface area contributed by atoms with E-state index < -0.39 is 23.7 Å². The number of nitrogens with two attached hydrogens (primary N) is 2. The Kier molecular flexibility index (Phi) is 3.05. The molecule has 0 rings (SSSR count). The monoisotopic (exact) mass is 175 g/mol. The highest BCUT2D eigenvalue weighted by Gasteiger charge is 2.23. The van der Waals surface area contributed by atoms with E-state index in [4.69, 9.17) is 17.6 Å². The van der Waals surface area contributed by atoms with E-state index in [9.17, 15) is 4.79 Å². The summed E-state index contributed by atoms with van der Waals surface area (Å²) in [5.41, 5.74) is 9.88. The summed E-state index contributed by atoms with van der Waals surface area (Å²) >= 11 is 0. The van der Waals surface area contributed by atoms with Gasteiger partial charge < -0.3 is 16.2 Å². The van der Waals surface area contributed by atoms with E-state index in [-0.39, 0.29) is 6.90 Å². The lowest BCUT2D eigenvalue weighted by Gasteiger charge is -2.27. The minimum absolute atomic E-state index is 0.114. The van der Waals surface area contributed by atoms with Crippen LogP contribution in [0.15, 0.2) is 0 Å². The van der Waals surface area contributed by atoms with Crippen molar-refractivity contribution < 1.29 is 10.9 Å². The maximum atomic E-state index is 10.7. The molecule has 0 aromatic rings. The lowest BCUT2D eigenvalue weighted by atomic mass is 10.1. The third kappa shape index (κ3) is 4.31. The summed E-state index contributed by atoms with van der Waals surface area (Å²) in [7, 11) is 0. The van der Waals surface area contributed by atoms with Gasteiger partial charge in [0.2, 0.25) is 5.91 Å². The standard InChI is InChI=1S/C8H18N2O2/c1-5(6(9)7(10)11)12-8(2,3)4/h5-6H,9H2,1-4H3,(H2,10,11)/t5-,6+/m1/s1/i2D. The van der Waals surface area contributed by atoms with Gasteiger partial charge in [0.15, 0.2) is 0 Å². The van der Waals surface area contributed by atoms with Gasteiger partial charge in [0.05, 0.1) is 11.7 Å². The summed E-state index contributed by atoms with van der Waals surface area (Å²) in [6, 6.07) is -0.814. The maximum Gasteiger partial charge on any atom is 0.237 e. The summed E-state index contributed by atoms with van der Waals surface area (Å²) in [6.45, 7) is 5.32. The van der Waals surface area contributed by atoms with Gasteiger partial charge in [0.1, 0.15) is 6.04 Å². The number of hydrogen-bond acceptors (Lipinski definition) is 3. The van der Waals surface area contributed by atoms with Crippen LogP contribution in [0.25, 0.3) is 0 Å². The van der Waals surface area contributed by atoms with Crippen LogP contribution >= 0.6 is 0 Å². The van der Waals surface area contributed by atoms with Crippen LogP contribution in [0.4, 0.5) is 0 Å². The van der Waals surface area contributed by atoms with Crippen LogP contribution in [0.2, 0.25) is 0 Å². The molecule has 1 amide bonds. The predicted molar refractivity (Wildman–Crippen MR) is 47.5 cm³/mol. The fourth-order valence-electron chi connectivity index (χ4n) is 0.808. The van der Waals surface area contributed by atoms with Gasteiger partial charge in [-0.15, -0.1) is 0 Å². The first-order valence-electron chi connectivity index (χ1n) is 4.53. The molecule has 0 saturated carbocycles. The molecule has 0 spiro atoms. The van der Waals surface area contributed by atoms with Crippen molar-refractivity contribution in [1.29, 1.82) is 0 Å². The second-order valence-electron chi connectivity index (χ2n) is 3.51. The van der Waals surface area contributed by atoms with Crippen molar-refractivity contribution in [2.24, 2.45) is 11.5 Å². The second-order valence-corrected chi connectivity index (χ2v) is 3.51. The Morgan fingerprint density at radius 3 is 2.50 bits per heavy atom. The minimum Gasteiger partial charge on any atom is -0.371 e. The molecule has 0 aliphatic carbocycles. The zero-order chi connectivity index (χ0) is 10.6. The van der Waals surface area contributed by atoms with Crippen molar-refractivity contribution in [3.05, 3.63) is 0 Å². The average molecular weight is 175 g/mol. The average Bonchev–Trinajstić information content (AvgIpc) is 2.02. The quantitative estimate of drug-likeness (QED) is 0.634. The summed E-state index contributed by atoms with van der Waals surface area (Å²) in [4.78, 5) is 10.7. The number of amides is 1. The first-order valence-corrected chi connectivity index (χ1v) is 3.82. The molecule has 0 saturated heterocycles. The van der Waals surface area contributed by atoms with Crippen molar-refractivity contribution in [2.45, 2.75) is 45.4 Å². The van der Waals surface area contributed by atoms with Crippen LogP contribution in [0, 0.1) is 0 Å². The molecule has 2 atom stereocenters. The lowest BCUT2D eigenvalue weighted by Crippen LogP contribution is -2.47. The van der Waals surface area contributed by atoms with Crippen molar-refractivity contribution in [1.82, 2.24) is 0 Å².